The number of nitrogens with one attached hydrogen (secondary N) is 1. The van der Waals surface area contributed by atoms with Crippen molar-refractivity contribution in [1.82, 2.24) is 14.8 Å². The summed E-state index contributed by atoms with van der Waals surface area (Å²) < 4.78 is 13.0. The molecule has 0 bridgehead atoms. The lowest BCUT2D eigenvalue weighted by atomic mass is 10.1. The molecule has 0 saturated carbocycles. The topological polar surface area (TPSA) is 65.5 Å². The Kier molecular flexibility index (Phi) is 5.40. The van der Waals surface area contributed by atoms with Crippen LogP contribution in [-0.2, 0) is 11.3 Å². The highest BCUT2D eigenvalue weighted by Gasteiger charge is 2.22. The lowest BCUT2D eigenvalue weighted by Gasteiger charge is -2.34. The molecule has 0 unspecified atom stereocenters. The molecule has 1 aromatic heterocycles. The Morgan fingerprint density at radius 2 is 1.88 bits per heavy atom. The van der Waals surface area contributed by atoms with Gasteiger partial charge in [-0.05, 0) is 24.3 Å². The van der Waals surface area contributed by atoms with Crippen LogP contribution in [0.15, 0.2) is 29.6 Å². The molecular formula is C17H19FN4O2S. The van der Waals surface area contributed by atoms with Crippen LogP contribution in [0.25, 0.3) is 0 Å². The predicted octanol–water partition coefficient (Wildman–Crippen LogP) is 2.20. The average Bonchev–Trinajstić information content (AvgIpc) is 3.02. The highest BCUT2D eigenvalue weighted by Crippen LogP contribution is 2.18. The van der Waals surface area contributed by atoms with Crippen molar-refractivity contribution in [2.45, 2.75) is 13.5 Å². The summed E-state index contributed by atoms with van der Waals surface area (Å²) in [4.78, 5) is 31.8. The molecule has 2 heterocycles. The fourth-order valence-corrected chi connectivity index (χ4v) is 3.45. The van der Waals surface area contributed by atoms with Crippen molar-refractivity contribution in [3.05, 3.63) is 46.7 Å². The summed E-state index contributed by atoms with van der Waals surface area (Å²) in [6.45, 7) is 4.89. The quantitative estimate of drug-likeness (QED) is 0.906. The number of thiazole rings is 1. The molecule has 2 aromatic rings. The number of hydrogen-bond donors (Lipinski definition) is 1. The van der Waals surface area contributed by atoms with Crippen LogP contribution in [0.2, 0.25) is 0 Å². The van der Waals surface area contributed by atoms with E-state index in [1.807, 2.05) is 5.38 Å². The van der Waals surface area contributed by atoms with Gasteiger partial charge in [-0.25, -0.2) is 9.37 Å². The van der Waals surface area contributed by atoms with Crippen LogP contribution in [0.5, 0.6) is 0 Å². The molecule has 1 aliphatic heterocycles. The van der Waals surface area contributed by atoms with Gasteiger partial charge in [0, 0.05) is 50.6 Å². The van der Waals surface area contributed by atoms with Crippen LogP contribution in [0.4, 0.5) is 9.52 Å². The van der Waals surface area contributed by atoms with Gasteiger partial charge in [-0.3, -0.25) is 14.5 Å². The Morgan fingerprint density at radius 3 is 2.52 bits per heavy atom. The number of carbonyl (C=O) groups excluding carboxylic acids is 2. The first kappa shape index (κ1) is 17.5. The fraction of sp³-hybridized carbons (Fsp3) is 0.353. The minimum absolute atomic E-state index is 0.0683. The first-order valence-corrected chi connectivity index (χ1v) is 8.88. The Morgan fingerprint density at radius 1 is 1.20 bits per heavy atom. The molecule has 0 aliphatic carbocycles. The van der Waals surface area contributed by atoms with Crippen molar-refractivity contribution in [2.24, 2.45) is 0 Å². The van der Waals surface area contributed by atoms with Crippen LogP contribution in [-0.4, -0.2) is 52.8 Å². The van der Waals surface area contributed by atoms with Gasteiger partial charge in [0.05, 0.1) is 5.69 Å². The molecule has 2 amide bonds. The van der Waals surface area contributed by atoms with E-state index < -0.39 is 0 Å². The summed E-state index contributed by atoms with van der Waals surface area (Å²) in [6.07, 6.45) is 0. The fourth-order valence-electron chi connectivity index (χ4n) is 2.70. The molecule has 1 aliphatic rings. The predicted molar refractivity (Wildman–Crippen MR) is 94.0 cm³/mol. The van der Waals surface area contributed by atoms with E-state index >= 15 is 0 Å². The molecule has 132 valence electrons. The Balaban J connectivity index is 1.51. The van der Waals surface area contributed by atoms with E-state index in [1.54, 1.807) is 4.90 Å². The number of halogens is 1. The molecule has 1 fully saturated rings. The molecule has 8 heteroatoms. The second-order valence-electron chi connectivity index (χ2n) is 5.90. The average molecular weight is 362 g/mol. The maximum Gasteiger partial charge on any atom is 0.253 e. The van der Waals surface area contributed by atoms with Crippen LogP contribution < -0.4 is 5.32 Å². The van der Waals surface area contributed by atoms with Crippen molar-refractivity contribution < 1.29 is 14.0 Å². The summed E-state index contributed by atoms with van der Waals surface area (Å²) in [7, 11) is 0. The smallest absolute Gasteiger partial charge is 0.253 e. The number of anilines is 1. The summed E-state index contributed by atoms with van der Waals surface area (Å²) in [5, 5.41) is 5.21. The number of carbonyl (C=O) groups is 2. The largest absolute Gasteiger partial charge is 0.336 e. The summed E-state index contributed by atoms with van der Waals surface area (Å²) in [5.41, 5.74) is 1.42. The molecule has 1 aromatic carbocycles. The molecule has 1 saturated heterocycles. The number of rotatable bonds is 4. The lowest BCUT2D eigenvalue weighted by Crippen LogP contribution is -2.48. The van der Waals surface area contributed by atoms with Crippen molar-refractivity contribution in [1.29, 1.82) is 0 Å². The third kappa shape index (κ3) is 4.61. The van der Waals surface area contributed by atoms with Crippen LogP contribution in [0.1, 0.15) is 23.0 Å². The Bertz CT molecular complexity index is 754. The zero-order valence-electron chi connectivity index (χ0n) is 13.9. The normalized spacial score (nSPS) is 15.2. The van der Waals surface area contributed by atoms with Gasteiger partial charge >= 0.3 is 0 Å². The van der Waals surface area contributed by atoms with Crippen LogP contribution in [0.3, 0.4) is 0 Å². The van der Waals surface area contributed by atoms with E-state index in [2.05, 4.69) is 15.2 Å². The molecule has 6 nitrogen and oxygen atoms in total. The van der Waals surface area contributed by atoms with E-state index in [9.17, 15) is 14.0 Å². The van der Waals surface area contributed by atoms with E-state index in [1.165, 1.54) is 42.5 Å². The standard InChI is InChI=1S/C17H19FN4O2S/c1-12(23)19-17-20-15(11-25-17)10-21-6-8-22(9-7-21)16(24)13-2-4-14(18)5-3-13/h2-5,11H,6-10H2,1H3,(H,19,20,23). The highest BCUT2D eigenvalue weighted by atomic mass is 32.1. The van der Waals surface area contributed by atoms with Crippen molar-refractivity contribution in [3.63, 3.8) is 0 Å². The Labute approximate surface area is 149 Å². The van der Waals surface area contributed by atoms with Crippen molar-refractivity contribution in [2.75, 3.05) is 31.5 Å². The summed E-state index contributed by atoms with van der Waals surface area (Å²) in [6, 6.07) is 5.64. The molecular weight excluding hydrogens is 343 g/mol. The number of hydrogen-bond acceptors (Lipinski definition) is 5. The van der Waals surface area contributed by atoms with Gasteiger partial charge in [-0.15, -0.1) is 11.3 Å². The van der Waals surface area contributed by atoms with Gasteiger partial charge in [0.15, 0.2) is 5.13 Å². The maximum absolute atomic E-state index is 13.0. The molecule has 0 spiro atoms. The summed E-state index contributed by atoms with van der Waals surface area (Å²) in [5.74, 6) is -0.543. The van der Waals surface area contributed by atoms with Crippen LogP contribution >= 0.6 is 11.3 Å². The maximum atomic E-state index is 13.0. The van der Waals surface area contributed by atoms with Gasteiger partial charge in [0.1, 0.15) is 5.82 Å². The van der Waals surface area contributed by atoms with Crippen molar-refractivity contribution in [3.8, 4) is 0 Å². The van der Waals surface area contributed by atoms with E-state index in [0.717, 1.165) is 18.8 Å². The third-order valence-corrected chi connectivity index (χ3v) is 4.78. The molecule has 0 atom stereocenters. The zero-order valence-corrected chi connectivity index (χ0v) is 14.7. The van der Waals surface area contributed by atoms with Crippen molar-refractivity contribution >= 4 is 28.3 Å². The van der Waals surface area contributed by atoms with Gasteiger partial charge in [0.25, 0.3) is 5.91 Å². The SMILES string of the molecule is CC(=O)Nc1nc(CN2CCN(C(=O)c3ccc(F)cc3)CC2)cs1. The Hall–Kier alpha value is -2.32. The van der Waals surface area contributed by atoms with Gasteiger partial charge in [0.2, 0.25) is 5.91 Å². The minimum atomic E-state index is -0.344. The van der Waals surface area contributed by atoms with Gasteiger partial charge in [-0.2, -0.15) is 0 Å². The minimum Gasteiger partial charge on any atom is -0.336 e. The van der Waals surface area contributed by atoms with E-state index in [-0.39, 0.29) is 17.6 Å². The molecule has 0 radical (unpaired) electrons. The van der Waals surface area contributed by atoms with Gasteiger partial charge < -0.3 is 10.2 Å². The monoisotopic (exact) mass is 362 g/mol. The lowest BCUT2D eigenvalue weighted by molar-refractivity contribution is -0.114. The number of nitrogens with zero attached hydrogens (tertiary/aromatic N) is 3. The van der Waals surface area contributed by atoms with E-state index in [0.29, 0.717) is 30.3 Å². The van der Waals surface area contributed by atoms with Crippen LogP contribution in [0, 0.1) is 5.82 Å². The molecule has 25 heavy (non-hydrogen) atoms. The summed E-state index contributed by atoms with van der Waals surface area (Å²) >= 11 is 1.41. The number of benzene rings is 1. The number of amides is 2. The van der Waals surface area contributed by atoms with Gasteiger partial charge in [-0.1, -0.05) is 0 Å². The highest BCUT2D eigenvalue weighted by molar-refractivity contribution is 7.13. The second kappa shape index (κ2) is 7.71. The number of piperazine rings is 1. The third-order valence-electron chi connectivity index (χ3n) is 3.97. The molecule has 3 rings (SSSR count). The molecule has 1 N–H and O–H groups in total. The first-order valence-electron chi connectivity index (χ1n) is 8.00. The number of aromatic nitrogens is 1. The van der Waals surface area contributed by atoms with E-state index in [4.69, 9.17) is 0 Å². The first-order chi connectivity index (χ1) is 12.0. The second-order valence-corrected chi connectivity index (χ2v) is 6.76. The zero-order chi connectivity index (χ0) is 17.8.